The summed E-state index contributed by atoms with van der Waals surface area (Å²) in [5, 5.41) is 2.62. The number of fused-ring (bicyclic) bond motifs is 1. The van der Waals surface area contributed by atoms with Gasteiger partial charge < -0.3 is 19.7 Å². The summed E-state index contributed by atoms with van der Waals surface area (Å²) in [6, 6.07) is 15.1. The van der Waals surface area contributed by atoms with Crippen molar-refractivity contribution in [2.24, 2.45) is 0 Å². The van der Waals surface area contributed by atoms with Crippen molar-refractivity contribution >= 4 is 11.8 Å². The molecule has 0 saturated carbocycles. The summed E-state index contributed by atoms with van der Waals surface area (Å²) in [5.41, 5.74) is 2.45. The summed E-state index contributed by atoms with van der Waals surface area (Å²) >= 11 is 0. The molecule has 0 bridgehead atoms. The summed E-state index contributed by atoms with van der Waals surface area (Å²) in [4.78, 5) is 26.0. The minimum atomic E-state index is -0.327. The summed E-state index contributed by atoms with van der Waals surface area (Å²) in [7, 11) is 1.58. The molecule has 6 heteroatoms. The fourth-order valence-electron chi connectivity index (χ4n) is 2.87. The molecule has 0 radical (unpaired) electrons. The van der Waals surface area contributed by atoms with Crippen molar-refractivity contribution in [3.63, 3.8) is 0 Å². The van der Waals surface area contributed by atoms with Crippen LogP contribution in [0.1, 0.15) is 11.1 Å². The van der Waals surface area contributed by atoms with Crippen molar-refractivity contribution < 1.29 is 19.1 Å². The van der Waals surface area contributed by atoms with Gasteiger partial charge in [0.2, 0.25) is 5.91 Å². The predicted octanol–water partition coefficient (Wildman–Crippen LogP) is 1.78. The topological polar surface area (TPSA) is 67.9 Å². The molecule has 0 unspecified atom stereocenters. The summed E-state index contributed by atoms with van der Waals surface area (Å²) in [6.45, 7) is 1.11. The third kappa shape index (κ3) is 4.53. The Morgan fingerprint density at radius 1 is 1.04 bits per heavy atom. The molecule has 2 amide bonds. The van der Waals surface area contributed by atoms with Crippen LogP contribution in [-0.2, 0) is 22.6 Å². The maximum absolute atomic E-state index is 12.3. The third-order valence-electron chi connectivity index (χ3n) is 4.35. The Labute approximate surface area is 152 Å². The Morgan fingerprint density at radius 3 is 2.46 bits per heavy atom. The number of hydrogen-bond donors (Lipinski definition) is 1. The molecule has 0 atom stereocenters. The minimum Gasteiger partial charge on any atom is -0.497 e. The number of methoxy groups -OCH3 is 1. The highest BCUT2D eigenvalue weighted by Crippen LogP contribution is 2.18. The second-order valence-electron chi connectivity index (χ2n) is 6.07. The average molecular weight is 354 g/mol. The molecule has 1 aliphatic rings. The monoisotopic (exact) mass is 354 g/mol. The number of carbonyl (C=O) groups excluding carboxylic acids is 2. The first-order valence-corrected chi connectivity index (χ1v) is 8.54. The van der Waals surface area contributed by atoms with Gasteiger partial charge in [-0.3, -0.25) is 9.59 Å². The molecular formula is C20H22N2O4. The highest BCUT2D eigenvalue weighted by molar-refractivity contribution is 5.85. The van der Waals surface area contributed by atoms with Gasteiger partial charge in [-0.05, 0) is 41.8 Å². The molecule has 0 spiro atoms. The SMILES string of the molecule is COc1ccc(OCC(=O)NCC(=O)N2CCc3ccccc3C2)cc1. The lowest BCUT2D eigenvalue weighted by atomic mass is 10.00. The van der Waals surface area contributed by atoms with Crippen molar-refractivity contribution in [2.45, 2.75) is 13.0 Å². The van der Waals surface area contributed by atoms with E-state index in [0.29, 0.717) is 18.8 Å². The third-order valence-corrected chi connectivity index (χ3v) is 4.35. The largest absolute Gasteiger partial charge is 0.497 e. The zero-order chi connectivity index (χ0) is 18.4. The first kappa shape index (κ1) is 17.8. The van der Waals surface area contributed by atoms with E-state index in [1.165, 1.54) is 11.1 Å². The highest BCUT2D eigenvalue weighted by atomic mass is 16.5. The average Bonchev–Trinajstić information content (AvgIpc) is 2.70. The number of carbonyl (C=O) groups is 2. The lowest BCUT2D eigenvalue weighted by molar-refractivity contribution is -0.134. The van der Waals surface area contributed by atoms with Crippen LogP contribution in [-0.4, -0.2) is 43.5 Å². The van der Waals surface area contributed by atoms with Gasteiger partial charge in [-0.25, -0.2) is 0 Å². The van der Waals surface area contributed by atoms with E-state index in [9.17, 15) is 9.59 Å². The van der Waals surface area contributed by atoms with Crippen LogP contribution in [0.25, 0.3) is 0 Å². The Balaban J connectivity index is 1.42. The number of nitrogens with zero attached hydrogens (tertiary/aromatic N) is 1. The van der Waals surface area contributed by atoms with Crippen LogP contribution in [0.3, 0.4) is 0 Å². The van der Waals surface area contributed by atoms with E-state index in [2.05, 4.69) is 11.4 Å². The van der Waals surface area contributed by atoms with Gasteiger partial charge >= 0.3 is 0 Å². The van der Waals surface area contributed by atoms with E-state index in [-0.39, 0.29) is 25.0 Å². The molecule has 136 valence electrons. The molecule has 0 saturated heterocycles. The zero-order valence-corrected chi connectivity index (χ0v) is 14.7. The van der Waals surface area contributed by atoms with Crippen molar-refractivity contribution in [2.75, 3.05) is 26.8 Å². The van der Waals surface area contributed by atoms with Crippen LogP contribution in [0.2, 0.25) is 0 Å². The van der Waals surface area contributed by atoms with Crippen molar-refractivity contribution in [3.05, 3.63) is 59.7 Å². The van der Waals surface area contributed by atoms with Crippen molar-refractivity contribution in [3.8, 4) is 11.5 Å². The fourth-order valence-corrected chi connectivity index (χ4v) is 2.87. The molecule has 0 aromatic heterocycles. The Morgan fingerprint density at radius 2 is 1.73 bits per heavy atom. The van der Waals surface area contributed by atoms with E-state index in [1.54, 1.807) is 36.3 Å². The quantitative estimate of drug-likeness (QED) is 0.859. The summed E-state index contributed by atoms with van der Waals surface area (Å²) in [5.74, 6) is 0.874. The molecule has 1 aliphatic heterocycles. The molecule has 1 N–H and O–H groups in total. The Kier molecular flexibility index (Phi) is 5.73. The fraction of sp³-hybridized carbons (Fsp3) is 0.300. The van der Waals surface area contributed by atoms with E-state index < -0.39 is 0 Å². The van der Waals surface area contributed by atoms with E-state index >= 15 is 0 Å². The molecular weight excluding hydrogens is 332 g/mol. The lowest BCUT2D eigenvalue weighted by Gasteiger charge is -2.29. The van der Waals surface area contributed by atoms with Gasteiger partial charge in [-0.2, -0.15) is 0 Å². The van der Waals surface area contributed by atoms with Gasteiger partial charge in [-0.1, -0.05) is 24.3 Å². The molecule has 3 rings (SSSR count). The number of ether oxygens (including phenoxy) is 2. The van der Waals surface area contributed by atoms with Crippen LogP contribution in [0.15, 0.2) is 48.5 Å². The maximum Gasteiger partial charge on any atom is 0.258 e. The molecule has 0 aliphatic carbocycles. The zero-order valence-electron chi connectivity index (χ0n) is 14.7. The Bertz CT molecular complexity index is 774. The number of hydrogen-bond acceptors (Lipinski definition) is 4. The van der Waals surface area contributed by atoms with Gasteiger partial charge in [0, 0.05) is 13.1 Å². The van der Waals surface area contributed by atoms with Crippen molar-refractivity contribution in [1.29, 1.82) is 0 Å². The van der Waals surface area contributed by atoms with Gasteiger partial charge in [0.1, 0.15) is 11.5 Å². The maximum atomic E-state index is 12.3. The molecule has 0 fully saturated rings. The number of rotatable bonds is 6. The van der Waals surface area contributed by atoms with Gasteiger partial charge in [0.25, 0.3) is 5.91 Å². The minimum absolute atomic E-state index is 0.0209. The molecule has 1 heterocycles. The first-order chi connectivity index (χ1) is 12.7. The summed E-state index contributed by atoms with van der Waals surface area (Å²) in [6.07, 6.45) is 0.844. The van der Waals surface area contributed by atoms with Crippen LogP contribution < -0.4 is 14.8 Å². The lowest BCUT2D eigenvalue weighted by Crippen LogP contribution is -2.43. The molecule has 6 nitrogen and oxygen atoms in total. The second-order valence-corrected chi connectivity index (χ2v) is 6.07. The van der Waals surface area contributed by atoms with Crippen LogP contribution in [0.5, 0.6) is 11.5 Å². The Hall–Kier alpha value is -3.02. The molecule has 2 aromatic carbocycles. The summed E-state index contributed by atoms with van der Waals surface area (Å²) < 4.78 is 10.5. The van der Waals surface area contributed by atoms with Gasteiger partial charge in [-0.15, -0.1) is 0 Å². The van der Waals surface area contributed by atoms with Crippen LogP contribution in [0, 0.1) is 0 Å². The number of nitrogens with one attached hydrogen (secondary N) is 1. The highest BCUT2D eigenvalue weighted by Gasteiger charge is 2.20. The van der Waals surface area contributed by atoms with Crippen molar-refractivity contribution in [1.82, 2.24) is 10.2 Å². The van der Waals surface area contributed by atoms with Crippen LogP contribution >= 0.6 is 0 Å². The normalized spacial score (nSPS) is 12.9. The standard InChI is InChI=1S/C20H22N2O4/c1-25-17-6-8-18(9-7-17)26-14-19(23)21-12-20(24)22-11-10-15-4-2-3-5-16(15)13-22/h2-9H,10-14H2,1H3,(H,21,23). The van der Waals surface area contributed by atoms with Crippen LogP contribution in [0.4, 0.5) is 0 Å². The molecule has 26 heavy (non-hydrogen) atoms. The van der Waals surface area contributed by atoms with E-state index in [0.717, 1.165) is 12.2 Å². The van der Waals surface area contributed by atoms with E-state index in [4.69, 9.17) is 9.47 Å². The smallest absolute Gasteiger partial charge is 0.258 e. The predicted molar refractivity (Wildman–Crippen MR) is 97.1 cm³/mol. The number of amides is 2. The number of benzene rings is 2. The van der Waals surface area contributed by atoms with Gasteiger partial charge in [0.05, 0.1) is 13.7 Å². The van der Waals surface area contributed by atoms with Gasteiger partial charge in [0.15, 0.2) is 6.61 Å². The molecule has 2 aromatic rings. The second kappa shape index (κ2) is 8.38. The first-order valence-electron chi connectivity index (χ1n) is 8.54. The van der Waals surface area contributed by atoms with E-state index in [1.807, 2.05) is 18.2 Å².